The van der Waals surface area contributed by atoms with Crippen molar-refractivity contribution in [2.24, 2.45) is 0 Å². The molecule has 0 spiro atoms. The van der Waals surface area contributed by atoms with Gasteiger partial charge in [0.1, 0.15) is 6.61 Å². The predicted molar refractivity (Wildman–Crippen MR) is 75.5 cm³/mol. The third-order valence-electron chi connectivity index (χ3n) is 1.97. The zero-order chi connectivity index (χ0) is 12.7. The number of nitrogens with one attached hydrogen (secondary N) is 2. The Morgan fingerprint density at radius 3 is 2.88 bits per heavy atom. The van der Waals surface area contributed by atoms with Gasteiger partial charge < -0.3 is 10.6 Å². The summed E-state index contributed by atoms with van der Waals surface area (Å²) in [4.78, 5) is 0. The molecule has 0 bridgehead atoms. The topological polar surface area (TPSA) is 44.0 Å². The summed E-state index contributed by atoms with van der Waals surface area (Å²) in [6.07, 6.45) is 3.39. The van der Waals surface area contributed by atoms with E-state index in [1.165, 1.54) is 0 Å². The molecule has 0 fully saturated rings. The van der Waals surface area contributed by atoms with E-state index in [1.54, 1.807) is 12.2 Å². The van der Waals surface area contributed by atoms with Gasteiger partial charge in [-0.25, -0.2) is 5.11 Å². The van der Waals surface area contributed by atoms with Crippen molar-refractivity contribution in [3.63, 3.8) is 0 Å². The van der Waals surface area contributed by atoms with Gasteiger partial charge in [0, 0.05) is 11.7 Å². The Kier molecular flexibility index (Phi) is 5.66. The van der Waals surface area contributed by atoms with Gasteiger partial charge in [-0.1, -0.05) is 24.3 Å². The van der Waals surface area contributed by atoms with Crippen LogP contribution in [0.25, 0.3) is 6.08 Å². The molecule has 17 heavy (non-hydrogen) atoms. The summed E-state index contributed by atoms with van der Waals surface area (Å²) in [6, 6.07) is 8.04. The summed E-state index contributed by atoms with van der Waals surface area (Å²) in [5, 5.41) is 17.2. The zero-order valence-corrected chi connectivity index (χ0v) is 10.9. The van der Waals surface area contributed by atoms with Crippen LogP contribution in [0.4, 0.5) is 5.69 Å². The third-order valence-corrected chi connectivity index (χ3v) is 2.19. The molecule has 0 heterocycles. The van der Waals surface area contributed by atoms with Gasteiger partial charge in [-0.05, 0) is 43.8 Å². The molecule has 0 saturated heterocycles. The van der Waals surface area contributed by atoms with E-state index in [9.17, 15) is 5.11 Å². The monoisotopic (exact) mass is 249 g/mol. The first-order valence-electron chi connectivity index (χ1n) is 5.54. The molecule has 0 atom stereocenters. The van der Waals surface area contributed by atoms with E-state index >= 15 is 0 Å². The van der Waals surface area contributed by atoms with E-state index in [1.807, 2.05) is 38.1 Å². The summed E-state index contributed by atoms with van der Waals surface area (Å²) in [7, 11) is 0. The Hall–Kier alpha value is -1.39. The molecular formula is C13H17N2OS. The number of benzene rings is 1. The number of hydrogen-bond acceptors (Lipinski definition) is 1. The van der Waals surface area contributed by atoms with Crippen LogP contribution in [0.5, 0.6) is 0 Å². The quantitative estimate of drug-likeness (QED) is 0.806. The minimum absolute atomic E-state index is 0.203. The number of rotatable bonds is 4. The van der Waals surface area contributed by atoms with Crippen LogP contribution in [0.2, 0.25) is 0 Å². The highest BCUT2D eigenvalue weighted by Gasteiger charge is 1.99. The average Bonchev–Trinajstić information content (AvgIpc) is 2.25. The minimum Gasteiger partial charge on any atom is -0.360 e. The highest BCUT2D eigenvalue weighted by atomic mass is 32.1. The molecular weight excluding hydrogens is 232 g/mol. The van der Waals surface area contributed by atoms with Crippen LogP contribution < -0.4 is 10.6 Å². The van der Waals surface area contributed by atoms with E-state index in [2.05, 4.69) is 10.6 Å². The fraction of sp³-hybridized carbons (Fsp3) is 0.308. The normalized spacial score (nSPS) is 10.8. The van der Waals surface area contributed by atoms with Gasteiger partial charge in [0.15, 0.2) is 5.11 Å². The lowest BCUT2D eigenvalue weighted by Gasteiger charge is -2.13. The summed E-state index contributed by atoms with van der Waals surface area (Å²) in [6.45, 7) is 3.85. The first-order valence-corrected chi connectivity index (χ1v) is 5.95. The molecule has 4 heteroatoms. The van der Waals surface area contributed by atoms with Crippen molar-refractivity contribution in [2.45, 2.75) is 19.9 Å². The molecule has 0 aromatic heterocycles. The average molecular weight is 249 g/mol. The molecule has 0 aliphatic rings. The lowest BCUT2D eigenvalue weighted by atomic mass is 10.2. The molecule has 3 nitrogen and oxygen atoms in total. The van der Waals surface area contributed by atoms with Gasteiger partial charge in [-0.3, -0.25) is 0 Å². The molecule has 91 valence electrons. The van der Waals surface area contributed by atoms with E-state index in [-0.39, 0.29) is 6.61 Å². The van der Waals surface area contributed by atoms with E-state index in [0.717, 1.165) is 11.3 Å². The summed E-state index contributed by atoms with van der Waals surface area (Å²) in [5.74, 6) is 0. The van der Waals surface area contributed by atoms with Crippen LogP contribution in [0.15, 0.2) is 30.3 Å². The Labute approximate surface area is 108 Å². The molecule has 0 aliphatic heterocycles. The Morgan fingerprint density at radius 2 is 2.24 bits per heavy atom. The van der Waals surface area contributed by atoms with Crippen LogP contribution in [-0.4, -0.2) is 17.8 Å². The van der Waals surface area contributed by atoms with Crippen molar-refractivity contribution >= 4 is 29.1 Å². The SMILES string of the molecule is CC(C)NC(=S)Nc1cccc(/C=C/C[O])c1. The lowest BCUT2D eigenvalue weighted by Crippen LogP contribution is -2.33. The molecule has 1 aromatic carbocycles. The van der Waals surface area contributed by atoms with E-state index in [0.29, 0.717) is 11.2 Å². The predicted octanol–water partition coefficient (Wildman–Crippen LogP) is 2.83. The molecule has 2 N–H and O–H groups in total. The Balaban J connectivity index is 2.65. The first-order chi connectivity index (χ1) is 8.11. The smallest absolute Gasteiger partial charge is 0.170 e. The van der Waals surface area contributed by atoms with Crippen LogP contribution >= 0.6 is 12.2 Å². The van der Waals surface area contributed by atoms with Crippen molar-refractivity contribution < 1.29 is 5.11 Å². The maximum atomic E-state index is 10.4. The molecule has 1 radical (unpaired) electrons. The van der Waals surface area contributed by atoms with Gasteiger partial charge in [0.05, 0.1) is 0 Å². The van der Waals surface area contributed by atoms with Crippen molar-refractivity contribution in [1.29, 1.82) is 0 Å². The van der Waals surface area contributed by atoms with E-state index in [4.69, 9.17) is 12.2 Å². The minimum atomic E-state index is -0.203. The summed E-state index contributed by atoms with van der Waals surface area (Å²) in [5.41, 5.74) is 1.90. The summed E-state index contributed by atoms with van der Waals surface area (Å²) >= 11 is 5.15. The second-order valence-electron chi connectivity index (χ2n) is 3.95. The highest BCUT2D eigenvalue weighted by Crippen LogP contribution is 2.11. The molecule has 0 amide bonds. The lowest BCUT2D eigenvalue weighted by molar-refractivity contribution is 0.233. The number of hydrogen-bond donors (Lipinski definition) is 2. The van der Waals surface area contributed by atoms with Gasteiger partial charge in [-0.15, -0.1) is 0 Å². The highest BCUT2D eigenvalue weighted by molar-refractivity contribution is 7.80. The molecule has 0 saturated carbocycles. The van der Waals surface area contributed by atoms with Gasteiger partial charge in [0.25, 0.3) is 0 Å². The van der Waals surface area contributed by atoms with E-state index < -0.39 is 0 Å². The molecule has 1 aromatic rings. The fourth-order valence-electron chi connectivity index (χ4n) is 1.33. The van der Waals surface area contributed by atoms with Crippen LogP contribution in [0.1, 0.15) is 19.4 Å². The van der Waals surface area contributed by atoms with Crippen LogP contribution in [0.3, 0.4) is 0 Å². The second kappa shape index (κ2) is 7.04. The maximum absolute atomic E-state index is 10.4. The van der Waals surface area contributed by atoms with Crippen molar-refractivity contribution in [3.8, 4) is 0 Å². The number of thiocarbonyl (C=S) groups is 1. The maximum Gasteiger partial charge on any atom is 0.170 e. The fourth-order valence-corrected chi connectivity index (χ4v) is 1.69. The van der Waals surface area contributed by atoms with Gasteiger partial charge >= 0.3 is 0 Å². The van der Waals surface area contributed by atoms with Crippen molar-refractivity contribution in [3.05, 3.63) is 35.9 Å². The van der Waals surface area contributed by atoms with Gasteiger partial charge in [0.2, 0.25) is 0 Å². The molecule has 0 unspecified atom stereocenters. The van der Waals surface area contributed by atoms with Crippen LogP contribution in [-0.2, 0) is 5.11 Å². The molecule has 0 aliphatic carbocycles. The zero-order valence-electron chi connectivity index (χ0n) is 10.1. The Bertz CT molecular complexity index is 402. The second-order valence-corrected chi connectivity index (χ2v) is 4.36. The molecule has 1 rings (SSSR count). The summed E-state index contributed by atoms with van der Waals surface area (Å²) < 4.78 is 0. The Morgan fingerprint density at radius 1 is 1.47 bits per heavy atom. The third kappa shape index (κ3) is 5.47. The van der Waals surface area contributed by atoms with Crippen molar-refractivity contribution in [2.75, 3.05) is 11.9 Å². The van der Waals surface area contributed by atoms with Crippen molar-refractivity contribution in [1.82, 2.24) is 5.32 Å². The first kappa shape index (κ1) is 13.7. The standard InChI is InChI=1S/C13H17N2OS/c1-10(2)14-13(17)15-12-7-3-5-11(9-12)6-4-8-16/h3-7,9-10H,8H2,1-2H3,(H2,14,15,17)/b6-4+. The largest absolute Gasteiger partial charge is 0.360 e. The number of anilines is 1. The van der Waals surface area contributed by atoms with Crippen LogP contribution in [0, 0.1) is 0 Å². The van der Waals surface area contributed by atoms with Gasteiger partial charge in [-0.2, -0.15) is 0 Å².